The topological polar surface area (TPSA) is 95.6 Å². The van der Waals surface area contributed by atoms with Crippen LogP contribution in [-0.4, -0.2) is 47.0 Å². The predicted molar refractivity (Wildman–Crippen MR) is 125 cm³/mol. The lowest BCUT2D eigenvalue weighted by Crippen LogP contribution is -2.51. The van der Waals surface area contributed by atoms with Gasteiger partial charge >= 0.3 is 0 Å². The second-order valence-electron chi connectivity index (χ2n) is 7.71. The SMILES string of the molecule is CC(C)[C@H](NC(=O)c1ccccc1F)C(=O)NCCN1C(=O)SC(=Cc2ccccc2)C1=O. The van der Waals surface area contributed by atoms with Crippen LogP contribution in [0.3, 0.4) is 0 Å². The number of hydrogen-bond acceptors (Lipinski definition) is 5. The number of nitrogens with one attached hydrogen (secondary N) is 2. The standard InChI is InChI=1S/C24H24FN3O4S/c1-15(2)20(27-21(29)17-10-6-7-11-18(17)25)22(30)26-12-13-28-23(31)19(33-24(28)32)14-16-8-4-3-5-9-16/h3-11,14-15,20H,12-13H2,1-2H3,(H,26,30)(H,27,29)/t20-/m0/s1. The third-order valence-corrected chi connectivity index (χ3v) is 5.87. The molecule has 0 radical (unpaired) electrons. The number of carbonyl (C=O) groups is 4. The zero-order valence-electron chi connectivity index (χ0n) is 18.2. The minimum absolute atomic E-state index is 0.00535. The lowest BCUT2D eigenvalue weighted by Gasteiger charge is -2.22. The van der Waals surface area contributed by atoms with Gasteiger partial charge in [0.25, 0.3) is 17.1 Å². The maximum absolute atomic E-state index is 13.9. The van der Waals surface area contributed by atoms with E-state index in [0.717, 1.165) is 22.2 Å². The van der Waals surface area contributed by atoms with E-state index in [9.17, 15) is 23.6 Å². The first kappa shape index (κ1) is 24.2. The maximum atomic E-state index is 13.9. The van der Waals surface area contributed by atoms with Crippen LogP contribution in [0.5, 0.6) is 0 Å². The molecule has 0 saturated carbocycles. The molecule has 0 bridgehead atoms. The summed E-state index contributed by atoms with van der Waals surface area (Å²) in [6.45, 7) is 3.51. The molecule has 7 nitrogen and oxygen atoms in total. The highest BCUT2D eigenvalue weighted by molar-refractivity contribution is 8.18. The van der Waals surface area contributed by atoms with Gasteiger partial charge in [0.1, 0.15) is 11.9 Å². The summed E-state index contributed by atoms with van der Waals surface area (Å²) in [4.78, 5) is 51.3. The fourth-order valence-corrected chi connectivity index (χ4v) is 4.06. The van der Waals surface area contributed by atoms with E-state index in [4.69, 9.17) is 0 Å². The van der Waals surface area contributed by atoms with Gasteiger partial charge in [0.05, 0.1) is 10.5 Å². The smallest absolute Gasteiger partial charge is 0.293 e. The number of rotatable bonds is 8. The molecule has 172 valence electrons. The highest BCUT2D eigenvalue weighted by Gasteiger charge is 2.35. The molecule has 3 rings (SSSR count). The molecular formula is C24H24FN3O4S. The number of imide groups is 1. The highest BCUT2D eigenvalue weighted by Crippen LogP contribution is 2.31. The molecule has 0 aliphatic carbocycles. The Morgan fingerprint density at radius 3 is 2.39 bits per heavy atom. The Bertz CT molecular complexity index is 1090. The van der Waals surface area contributed by atoms with Gasteiger partial charge in [-0.1, -0.05) is 56.3 Å². The van der Waals surface area contributed by atoms with Crippen molar-refractivity contribution < 1.29 is 23.6 Å². The van der Waals surface area contributed by atoms with Gasteiger partial charge in [0, 0.05) is 13.1 Å². The van der Waals surface area contributed by atoms with Gasteiger partial charge in [0.2, 0.25) is 5.91 Å². The second kappa shape index (κ2) is 10.9. The largest absolute Gasteiger partial charge is 0.353 e. The molecule has 1 aliphatic rings. The maximum Gasteiger partial charge on any atom is 0.293 e. The minimum atomic E-state index is -0.912. The second-order valence-corrected chi connectivity index (χ2v) is 8.70. The molecule has 0 aromatic heterocycles. The first-order valence-electron chi connectivity index (χ1n) is 10.4. The van der Waals surface area contributed by atoms with Crippen LogP contribution in [0.25, 0.3) is 6.08 Å². The van der Waals surface area contributed by atoms with Crippen molar-refractivity contribution in [3.63, 3.8) is 0 Å². The molecule has 4 amide bonds. The van der Waals surface area contributed by atoms with E-state index in [1.807, 2.05) is 30.3 Å². The summed E-state index contributed by atoms with van der Waals surface area (Å²) in [7, 11) is 0. The predicted octanol–water partition coefficient (Wildman–Crippen LogP) is 3.43. The van der Waals surface area contributed by atoms with Crippen LogP contribution >= 0.6 is 11.8 Å². The Labute approximate surface area is 195 Å². The van der Waals surface area contributed by atoms with Gasteiger partial charge < -0.3 is 10.6 Å². The number of nitrogens with zero attached hydrogens (tertiary/aromatic N) is 1. The summed E-state index contributed by atoms with van der Waals surface area (Å²) in [6.07, 6.45) is 1.65. The quantitative estimate of drug-likeness (QED) is 0.578. The Kier molecular flexibility index (Phi) is 8.00. The van der Waals surface area contributed by atoms with Crippen LogP contribution in [0, 0.1) is 11.7 Å². The average molecular weight is 470 g/mol. The number of amides is 4. The van der Waals surface area contributed by atoms with Gasteiger partial charge in [-0.2, -0.15) is 0 Å². The zero-order chi connectivity index (χ0) is 24.0. The molecule has 33 heavy (non-hydrogen) atoms. The van der Waals surface area contributed by atoms with Gasteiger partial charge in [-0.05, 0) is 41.5 Å². The van der Waals surface area contributed by atoms with Crippen LogP contribution in [0.4, 0.5) is 9.18 Å². The van der Waals surface area contributed by atoms with Gasteiger partial charge in [0.15, 0.2) is 0 Å². The van der Waals surface area contributed by atoms with Crippen LogP contribution in [0.1, 0.15) is 29.8 Å². The minimum Gasteiger partial charge on any atom is -0.353 e. The van der Waals surface area contributed by atoms with E-state index in [1.165, 1.54) is 24.3 Å². The van der Waals surface area contributed by atoms with E-state index in [1.54, 1.807) is 19.9 Å². The average Bonchev–Trinajstić information content (AvgIpc) is 3.05. The fraction of sp³-hybridized carbons (Fsp3) is 0.250. The summed E-state index contributed by atoms with van der Waals surface area (Å²) in [5.41, 5.74) is 0.653. The number of benzene rings is 2. The molecule has 1 saturated heterocycles. The van der Waals surface area contributed by atoms with Crippen molar-refractivity contribution >= 4 is 40.8 Å². The van der Waals surface area contributed by atoms with Gasteiger partial charge in [-0.3, -0.25) is 24.1 Å². The lowest BCUT2D eigenvalue weighted by molar-refractivity contribution is -0.125. The van der Waals surface area contributed by atoms with Crippen LogP contribution in [0.2, 0.25) is 0 Å². The molecule has 1 atom stereocenters. The number of hydrogen-bond donors (Lipinski definition) is 2. The van der Waals surface area contributed by atoms with Crippen molar-refractivity contribution in [3.8, 4) is 0 Å². The molecule has 0 unspecified atom stereocenters. The number of carbonyl (C=O) groups excluding carboxylic acids is 4. The normalized spacial score (nSPS) is 15.8. The van der Waals surface area contributed by atoms with Gasteiger partial charge in [-0.25, -0.2) is 4.39 Å². The molecular weight excluding hydrogens is 445 g/mol. The monoisotopic (exact) mass is 469 g/mol. The lowest BCUT2D eigenvalue weighted by atomic mass is 10.0. The highest BCUT2D eigenvalue weighted by atomic mass is 32.2. The molecule has 2 N–H and O–H groups in total. The summed E-state index contributed by atoms with van der Waals surface area (Å²) in [6, 6.07) is 13.8. The Morgan fingerprint density at radius 1 is 1.06 bits per heavy atom. The van der Waals surface area contributed by atoms with Crippen molar-refractivity contribution in [3.05, 3.63) is 76.4 Å². The van der Waals surface area contributed by atoms with Crippen molar-refractivity contribution in [2.75, 3.05) is 13.1 Å². The van der Waals surface area contributed by atoms with E-state index < -0.39 is 34.8 Å². The Morgan fingerprint density at radius 2 is 1.73 bits per heavy atom. The Balaban J connectivity index is 1.57. The molecule has 9 heteroatoms. The summed E-state index contributed by atoms with van der Waals surface area (Å²) < 4.78 is 13.9. The zero-order valence-corrected chi connectivity index (χ0v) is 19.0. The number of thioether (sulfide) groups is 1. The third kappa shape index (κ3) is 6.07. The van der Waals surface area contributed by atoms with Crippen molar-refractivity contribution in [1.82, 2.24) is 15.5 Å². The first-order valence-corrected chi connectivity index (χ1v) is 11.2. The van der Waals surface area contributed by atoms with E-state index >= 15 is 0 Å². The number of halogens is 1. The molecule has 2 aromatic rings. The van der Waals surface area contributed by atoms with E-state index in [0.29, 0.717) is 4.91 Å². The first-order chi connectivity index (χ1) is 15.8. The third-order valence-electron chi connectivity index (χ3n) is 4.96. The summed E-state index contributed by atoms with van der Waals surface area (Å²) >= 11 is 0.847. The molecule has 0 spiro atoms. The molecule has 1 heterocycles. The summed E-state index contributed by atoms with van der Waals surface area (Å²) in [5.74, 6) is -2.55. The van der Waals surface area contributed by atoms with Crippen LogP contribution in [0.15, 0.2) is 59.5 Å². The van der Waals surface area contributed by atoms with Crippen molar-refractivity contribution in [2.45, 2.75) is 19.9 Å². The molecule has 1 fully saturated rings. The molecule has 1 aliphatic heterocycles. The van der Waals surface area contributed by atoms with E-state index in [-0.39, 0.29) is 24.6 Å². The van der Waals surface area contributed by atoms with Crippen molar-refractivity contribution in [1.29, 1.82) is 0 Å². The van der Waals surface area contributed by atoms with Gasteiger partial charge in [-0.15, -0.1) is 0 Å². The van der Waals surface area contributed by atoms with Crippen LogP contribution in [-0.2, 0) is 9.59 Å². The van der Waals surface area contributed by atoms with Crippen LogP contribution < -0.4 is 10.6 Å². The van der Waals surface area contributed by atoms with Crippen molar-refractivity contribution in [2.24, 2.45) is 5.92 Å². The van der Waals surface area contributed by atoms with E-state index in [2.05, 4.69) is 10.6 Å². The fourth-order valence-electron chi connectivity index (χ4n) is 3.19. The Hall–Kier alpha value is -3.46. The summed E-state index contributed by atoms with van der Waals surface area (Å²) in [5, 5.41) is 4.79. The molecule has 2 aromatic carbocycles.